The van der Waals surface area contributed by atoms with E-state index in [1.807, 2.05) is 6.92 Å². The Balaban J connectivity index is 1.37. The summed E-state index contributed by atoms with van der Waals surface area (Å²) in [4.78, 5) is 31.0. The van der Waals surface area contributed by atoms with Gasteiger partial charge in [0, 0.05) is 57.9 Å². The number of piperazine rings is 1. The van der Waals surface area contributed by atoms with Crippen LogP contribution < -0.4 is 4.90 Å². The highest BCUT2D eigenvalue weighted by atomic mass is 32.2. The van der Waals surface area contributed by atoms with E-state index in [-0.39, 0.29) is 29.3 Å². The van der Waals surface area contributed by atoms with Crippen molar-refractivity contribution in [2.24, 2.45) is 0 Å². The van der Waals surface area contributed by atoms with E-state index >= 15 is 0 Å². The van der Waals surface area contributed by atoms with Crippen molar-refractivity contribution < 1.29 is 18.0 Å². The molecule has 1 saturated carbocycles. The standard InChI is InChI=1S/C24H36N4O4S/c1-18-15-20-16-22(9-10-23(20)28(18)19(2)29)33(31,32)25(3)17-24(30)27-13-11-26(12-14-27)21-7-5-4-6-8-21/h9-10,16,18,21H,4-8,11-15,17H2,1-3H3/t18-/m1/s1. The van der Waals surface area contributed by atoms with Gasteiger partial charge in [0.15, 0.2) is 0 Å². The van der Waals surface area contributed by atoms with Gasteiger partial charge >= 0.3 is 0 Å². The summed E-state index contributed by atoms with van der Waals surface area (Å²) in [6.45, 7) is 6.34. The molecular formula is C24H36N4O4S. The third kappa shape index (κ3) is 4.95. The van der Waals surface area contributed by atoms with Crippen LogP contribution in [-0.2, 0) is 26.0 Å². The van der Waals surface area contributed by atoms with Crippen LogP contribution in [0.2, 0.25) is 0 Å². The maximum absolute atomic E-state index is 13.2. The maximum Gasteiger partial charge on any atom is 0.243 e. The minimum Gasteiger partial charge on any atom is -0.339 e. The predicted molar refractivity (Wildman–Crippen MR) is 128 cm³/mol. The third-order valence-electron chi connectivity index (χ3n) is 7.43. The van der Waals surface area contributed by atoms with E-state index < -0.39 is 10.0 Å². The van der Waals surface area contributed by atoms with Crippen LogP contribution in [0.1, 0.15) is 51.5 Å². The number of carbonyl (C=O) groups is 2. The average Bonchev–Trinajstić information content (AvgIpc) is 3.14. The van der Waals surface area contributed by atoms with Crippen molar-refractivity contribution in [3.05, 3.63) is 23.8 Å². The zero-order chi connectivity index (χ0) is 23.8. The van der Waals surface area contributed by atoms with E-state index in [1.54, 1.807) is 21.9 Å². The van der Waals surface area contributed by atoms with Gasteiger partial charge in [-0.1, -0.05) is 19.3 Å². The molecule has 1 atom stereocenters. The van der Waals surface area contributed by atoms with Crippen molar-refractivity contribution in [2.75, 3.05) is 44.7 Å². The number of sulfonamides is 1. The number of hydrogen-bond acceptors (Lipinski definition) is 5. The Morgan fingerprint density at radius 2 is 1.73 bits per heavy atom. The topological polar surface area (TPSA) is 81.2 Å². The summed E-state index contributed by atoms with van der Waals surface area (Å²) in [6, 6.07) is 5.52. The van der Waals surface area contributed by atoms with Crippen LogP contribution in [0.25, 0.3) is 0 Å². The lowest BCUT2D eigenvalue weighted by Gasteiger charge is -2.41. The molecule has 2 amide bonds. The maximum atomic E-state index is 13.2. The Hall–Kier alpha value is -1.97. The Labute approximate surface area is 197 Å². The molecule has 0 radical (unpaired) electrons. The van der Waals surface area contributed by atoms with E-state index in [9.17, 15) is 18.0 Å². The molecule has 0 N–H and O–H groups in total. The SMILES string of the molecule is CC(=O)N1c2ccc(S(=O)(=O)N(C)CC(=O)N3CCN(C4CCCCC4)CC3)cc2C[C@H]1C. The number of fused-ring (bicyclic) bond motifs is 1. The Kier molecular flexibility index (Phi) is 7.12. The van der Waals surface area contributed by atoms with Gasteiger partial charge in [-0.3, -0.25) is 14.5 Å². The van der Waals surface area contributed by atoms with Crippen LogP contribution in [0, 0.1) is 0 Å². The Morgan fingerprint density at radius 1 is 1.06 bits per heavy atom. The second kappa shape index (κ2) is 9.72. The number of carbonyl (C=O) groups excluding carboxylic acids is 2. The van der Waals surface area contributed by atoms with E-state index in [1.165, 1.54) is 52.1 Å². The number of amides is 2. The monoisotopic (exact) mass is 476 g/mol. The molecule has 9 heteroatoms. The minimum atomic E-state index is -3.81. The molecule has 0 spiro atoms. The van der Waals surface area contributed by atoms with E-state index in [4.69, 9.17) is 0 Å². The predicted octanol–water partition coefficient (Wildman–Crippen LogP) is 2.08. The zero-order valence-corrected chi connectivity index (χ0v) is 20.8. The quantitative estimate of drug-likeness (QED) is 0.650. The molecule has 2 heterocycles. The summed E-state index contributed by atoms with van der Waals surface area (Å²) in [6.07, 6.45) is 7.03. The molecule has 3 aliphatic rings. The van der Waals surface area contributed by atoms with Crippen molar-refractivity contribution in [3.8, 4) is 0 Å². The number of likely N-dealkylation sites (N-methyl/N-ethyl adjacent to an activating group) is 1. The lowest BCUT2D eigenvalue weighted by atomic mass is 9.94. The van der Waals surface area contributed by atoms with Crippen molar-refractivity contribution >= 4 is 27.5 Å². The Bertz CT molecular complexity index is 998. The molecule has 0 bridgehead atoms. The first-order valence-electron chi connectivity index (χ1n) is 12.1. The van der Waals surface area contributed by atoms with Gasteiger partial charge < -0.3 is 9.80 Å². The van der Waals surface area contributed by atoms with E-state index in [2.05, 4.69) is 4.90 Å². The fourth-order valence-electron chi connectivity index (χ4n) is 5.59. The summed E-state index contributed by atoms with van der Waals surface area (Å²) < 4.78 is 27.5. The van der Waals surface area contributed by atoms with Gasteiger partial charge in [-0.05, 0) is 49.9 Å². The summed E-state index contributed by atoms with van der Waals surface area (Å²) in [7, 11) is -2.34. The van der Waals surface area contributed by atoms with Gasteiger partial charge in [0.2, 0.25) is 21.8 Å². The fourth-order valence-corrected chi connectivity index (χ4v) is 6.76. The van der Waals surface area contributed by atoms with Gasteiger partial charge in [0.1, 0.15) is 0 Å². The number of anilines is 1. The van der Waals surface area contributed by atoms with Gasteiger partial charge in [-0.2, -0.15) is 4.31 Å². The number of hydrogen-bond donors (Lipinski definition) is 0. The van der Waals surface area contributed by atoms with Gasteiger partial charge in [-0.25, -0.2) is 8.42 Å². The first-order chi connectivity index (χ1) is 15.7. The van der Waals surface area contributed by atoms with Crippen molar-refractivity contribution in [1.29, 1.82) is 0 Å². The van der Waals surface area contributed by atoms with Crippen LogP contribution in [-0.4, -0.2) is 86.2 Å². The lowest BCUT2D eigenvalue weighted by molar-refractivity contribution is -0.133. The smallest absolute Gasteiger partial charge is 0.243 e. The third-order valence-corrected chi connectivity index (χ3v) is 9.23. The highest BCUT2D eigenvalue weighted by Gasteiger charge is 2.33. The molecule has 2 aliphatic heterocycles. The van der Waals surface area contributed by atoms with Crippen molar-refractivity contribution in [3.63, 3.8) is 0 Å². The summed E-state index contributed by atoms with van der Waals surface area (Å²) in [5, 5.41) is 0. The molecule has 0 aromatic heterocycles. The van der Waals surface area contributed by atoms with Crippen LogP contribution in [0.3, 0.4) is 0 Å². The molecule has 1 saturated heterocycles. The van der Waals surface area contributed by atoms with Crippen LogP contribution in [0.5, 0.6) is 0 Å². The van der Waals surface area contributed by atoms with E-state index in [0.29, 0.717) is 25.6 Å². The molecule has 2 fully saturated rings. The fraction of sp³-hybridized carbons (Fsp3) is 0.667. The van der Waals surface area contributed by atoms with Crippen molar-refractivity contribution in [2.45, 2.75) is 69.4 Å². The molecule has 0 unspecified atom stereocenters. The first-order valence-corrected chi connectivity index (χ1v) is 13.5. The number of benzene rings is 1. The Morgan fingerprint density at radius 3 is 2.36 bits per heavy atom. The largest absolute Gasteiger partial charge is 0.339 e. The molecule has 4 rings (SSSR count). The molecule has 1 aliphatic carbocycles. The lowest BCUT2D eigenvalue weighted by Crippen LogP contribution is -2.54. The molecule has 1 aromatic carbocycles. The normalized spacial score (nSPS) is 22.6. The number of nitrogens with zero attached hydrogens (tertiary/aromatic N) is 4. The summed E-state index contributed by atoms with van der Waals surface area (Å²) in [5.41, 5.74) is 1.61. The minimum absolute atomic E-state index is 0.00189. The van der Waals surface area contributed by atoms with Gasteiger partial charge in [-0.15, -0.1) is 0 Å². The summed E-state index contributed by atoms with van der Waals surface area (Å²) >= 11 is 0. The van der Waals surface area contributed by atoms with Crippen molar-refractivity contribution in [1.82, 2.24) is 14.1 Å². The second-order valence-electron chi connectivity index (χ2n) is 9.70. The molecule has 182 valence electrons. The summed E-state index contributed by atoms with van der Waals surface area (Å²) in [5.74, 6) is -0.204. The second-order valence-corrected chi connectivity index (χ2v) is 11.7. The zero-order valence-electron chi connectivity index (χ0n) is 20.0. The highest BCUT2D eigenvalue weighted by molar-refractivity contribution is 7.89. The number of rotatable bonds is 5. The first kappa shape index (κ1) is 24.2. The van der Waals surface area contributed by atoms with Crippen LogP contribution in [0.4, 0.5) is 5.69 Å². The van der Waals surface area contributed by atoms with E-state index in [0.717, 1.165) is 28.6 Å². The van der Waals surface area contributed by atoms with Crippen LogP contribution >= 0.6 is 0 Å². The molecule has 8 nitrogen and oxygen atoms in total. The average molecular weight is 477 g/mol. The highest BCUT2D eigenvalue weighted by Crippen LogP contribution is 2.34. The van der Waals surface area contributed by atoms with Gasteiger partial charge in [0.25, 0.3) is 0 Å². The molecule has 33 heavy (non-hydrogen) atoms. The molecule has 1 aromatic rings. The van der Waals surface area contributed by atoms with Gasteiger partial charge in [0.05, 0.1) is 11.4 Å². The molecular weight excluding hydrogens is 440 g/mol. The van der Waals surface area contributed by atoms with Crippen LogP contribution in [0.15, 0.2) is 23.1 Å².